The lowest BCUT2D eigenvalue weighted by molar-refractivity contribution is 0.584. The maximum Gasteiger partial charge on any atom is 0.125 e. The predicted octanol–water partition coefficient (Wildman–Crippen LogP) is 2.90. The SMILES string of the molecule is Cn1c(C2(C)CCCS2)nc2ccc(N)cc21. The van der Waals surface area contributed by atoms with E-state index < -0.39 is 0 Å². The van der Waals surface area contributed by atoms with Gasteiger partial charge in [-0.15, -0.1) is 11.8 Å². The minimum absolute atomic E-state index is 0.169. The Balaban J connectivity index is 2.20. The van der Waals surface area contributed by atoms with Gasteiger partial charge in [-0.05, 0) is 43.7 Å². The van der Waals surface area contributed by atoms with Gasteiger partial charge in [-0.2, -0.15) is 0 Å². The number of nitrogen functional groups attached to an aromatic ring is 1. The van der Waals surface area contributed by atoms with Gasteiger partial charge in [0.05, 0.1) is 15.8 Å². The second-order valence-corrected chi connectivity index (χ2v) is 6.52. The molecule has 2 aromatic rings. The number of anilines is 1. The van der Waals surface area contributed by atoms with Crippen LogP contribution in [-0.4, -0.2) is 15.3 Å². The molecule has 1 atom stereocenters. The molecule has 1 saturated heterocycles. The molecule has 90 valence electrons. The number of nitrogens with two attached hydrogens (primary N) is 1. The summed E-state index contributed by atoms with van der Waals surface area (Å²) in [6.07, 6.45) is 2.50. The third kappa shape index (κ3) is 1.62. The van der Waals surface area contributed by atoms with Crippen molar-refractivity contribution in [2.45, 2.75) is 24.5 Å². The second-order valence-electron chi connectivity index (χ2n) is 4.93. The number of nitrogens with zero attached hydrogens (tertiary/aromatic N) is 2. The molecule has 1 aliphatic heterocycles. The summed E-state index contributed by atoms with van der Waals surface area (Å²) >= 11 is 2.02. The highest BCUT2D eigenvalue weighted by atomic mass is 32.2. The highest BCUT2D eigenvalue weighted by molar-refractivity contribution is 8.00. The number of aryl methyl sites for hydroxylation is 1. The molecule has 0 amide bonds. The van der Waals surface area contributed by atoms with Crippen molar-refractivity contribution in [2.75, 3.05) is 11.5 Å². The van der Waals surface area contributed by atoms with Crippen molar-refractivity contribution in [3.63, 3.8) is 0 Å². The maximum atomic E-state index is 5.84. The molecule has 1 unspecified atom stereocenters. The van der Waals surface area contributed by atoms with Crippen LogP contribution in [0.15, 0.2) is 18.2 Å². The van der Waals surface area contributed by atoms with Crippen LogP contribution in [0.5, 0.6) is 0 Å². The monoisotopic (exact) mass is 247 g/mol. The molecule has 1 aliphatic rings. The van der Waals surface area contributed by atoms with Crippen molar-refractivity contribution in [3.05, 3.63) is 24.0 Å². The molecule has 0 bridgehead atoms. The van der Waals surface area contributed by atoms with Crippen molar-refractivity contribution in [2.24, 2.45) is 7.05 Å². The molecule has 1 aromatic carbocycles. The third-order valence-electron chi connectivity index (χ3n) is 3.60. The van der Waals surface area contributed by atoms with E-state index in [1.165, 1.54) is 24.4 Å². The van der Waals surface area contributed by atoms with Gasteiger partial charge < -0.3 is 10.3 Å². The van der Waals surface area contributed by atoms with Crippen LogP contribution in [0.3, 0.4) is 0 Å². The van der Waals surface area contributed by atoms with E-state index >= 15 is 0 Å². The van der Waals surface area contributed by atoms with Crippen molar-refractivity contribution in [3.8, 4) is 0 Å². The van der Waals surface area contributed by atoms with Gasteiger partial charge in [-0.3, -0.25) is 0 Å². The van der Waals surface area contributed by atoms with Crippen LogP contribution in [0.1, 0.15) is 25.6 Å². The van der Waals surface area contributed by atoms with E-state index in [4.69, 9.17) is 10.7 Å². The molecule has 0 aliphatic carbocycles. The molecule has 2 N–H and O–H groups in total. The fraction of sp³-hybridized carbons (Fsp3) is 0.462. The summed E-state index contributed by atoms with van der Waals surface area (Å²) < 4.78 is 2.37. The Kier molecular flexibility index (Phi) is 2.36. The average molecular weight is 247 g/mol. The van der Waals surface area contributed by atoms with Crippen molar-refractivity contribution in [1.29, 1.82) is 0 Å². The smallest absolute Gasteiger partial charge is 0.125 e. The van der Waals surface area contributed by atoms with Crippen LogP contribution in [0.2, 0.25) is 0 Å². The molecule has 0 saturated carbocycles. The molecular weight excluding hydrogens is 230 g/mol. The standard InChI is InChI=1S/C13H17N3S/c1-13(6-3-7-17-13)12-15-10-5-4-9(14)8-11(10)16(12)2/h4-5,8H,3,6-7,14H2,1-2H3. The summed E-state index contributed by atoms with van der Waals surface area (Å²) in [4.78, 5) is 4.79. The lowest BCUT2D eigenvalue weighted by atomic mass is 10.1. The Hall–Kier alpha value is -1.16. The molecule has 1 aromatic heterocycles. The number of thioether (sulfide) groups is 1. The van der Waals surface area contributed by atoms with Crippen molar-refractivity contribution in [1.82, 2.24) is 9.55 Å². The molecule has 17 heavy (non-hydrogen) atoms. The highest BCUT2D eigenvalue weighted by Crippen LogP contribution is 2.46. The summed E-state index contributed by atoms with van der Waals surface area (Å²) in [7, 11) is 2.09. The Morgan fingerprint density at radius 2 is 2.29 bits per heavy atom. The topological polar surface area (TPSA) is 43.8 Å². The maximum absolute atomic E-state index is 5.84. The highest BCUT2D eigenvalue weighted by Gasteiger charge is 2.35. The van der Waals surface area contributed by atoms with E-state index in [1.54, 1.807) is 0 Å². The van der Waals surface area contributed by atoms with Gasteiger partial charge in [0.1, 0.15) is 5.82 Å². The number of rotatable bonds is 1. The van der Waals surface area contributed by atoms with Crippen LogP contribution in [-0.2, 0) is 11.8 Å². The zero-order chi connectivity index (χ0) is 12.0. The molecular formula is C13H17N3S. The fourth-order valence-electron chi connectivity index (χ4n) is 2.64. The lowest BCUT2D eigenvalue weighted by Gasteiger charge is -2.21. The molecule has 4 heteroatoms. The quantitative estimate of drug-likeness (QED) is 0.788. The number of hydrogen-bond acceptors (Lipinski definition) is 3. The van der Waals surface area contributed by atoms with Gasteiger partial charge in [0, 0.05) is 12.7 Å². The number of fused-ring (bicyclic) bond motifs is 1. The van der Waals surface area contributed by atoms with Gasteiger partial charge in [0.25, 0.3) is 0 Å². The van der Waals surface area contributed by atoms with E-state index in [-0.39, 0.29) is 4.75 Å². The Morgan fingerprint density at radius 3 is 3.00 bits per heavy atom. The average Bonchev–Trinajstić information content (AvgIpc) is 2.86. The molecule has 3 nitrogen and oxygen atoms in total. The van der Waals surface area contributed by atoms with Crippen LogP contribution >= 0.6 is 11.8 Å². The summed E-state index contributed by atoms with van der Waals surface area (Å²) in [6.45, 7) is 2.30. The van der Waals surface area contributed by atoms with Crippen LogP contribution in [0.25, 0.3) is 11.0 Å². The number of aromatic nitrogens is 2. The molecule has 3 rings (SSSR count). The molecule has 2 heterocycles. The summed E-state index contributed by atoms with van der Waals surface area (Å²) in [5.74, 6) is 2.42. The largest absolute Gasteiger partial charge is 0.399 e. The van der Waals surface area contributed by atoms with E-state index in [9.17, 15) is 0 Å². The number of hydrogen-bond donors (Lipinski definition) is 1. The fourth-order valence-corrected chi connectivity index (χ4v) is 3.97. The van der Waals surface area contributed by atoms with Gasteiger partial charge in [0.15, 0.2) is 0 Å². The van der Waals surface area contributed by atoms with E-state index in [0.717, 1.165) is 16.7 Å². The number of benzene rings is 1. The molecule has 0 radical (unpaired) electrons. The Bertz CT molecular complexity index is 567. The summed E-state index contributed by atoms with van der Waals surface area (Å²) in [5.41, 5.74) is 8.82. The van der Waals surface area contributed by atoms with E-state index in [0.29, 0.717) is 0 Å². The zero-order valence-electron chi connectivity index (χ0n) is 10.2. The Morgan fingerprint density at radius 1 is 1.47 bits per heavy atom. The second kappa shape index (κ2) is 3.67. The molecule has 0 spiro atoms. The first-order valence-corrected chi connectivity index (χ1v) is 6.95. The third-order valence-corrected chi connectivity index (χ3v) is 5.11. The first-order chi connectivity index (χ1) is 8.10. The van der Waals surface area contributed by atoms with E-state index in [1.807, 2.05) is 30.0 Å². The van der Waals surface area contributed by atoms with Gasteiger partial charge in [0.2, 0.25) is 0 Å². The summed E-state index contributed by atoms with van der Waals surface area (Å²) in [5, 5.41) is 0. The van der Waals surface area contributed by atoms with Crippen molar-refractivity contribution < 1.29 is 0 Å². The van der Waals surface area contributed by atoms with Gasteiger partial charge in [-0.1, -0.05) is 0 Å². The predicted molar refractivity (Wildman–Crippen MR) is 74.2 cm³/mol. The first kappa shape index (κ1) is 11.0. The Labute approximate surface area is 105 Å². The number of imidazole rings is 1. The van der Waals surface area contributed by atoms with Crippen LogP contribution in [0.4, 0.5) is 5.69 Å². The van der Waals surface area contributed by atoms with Gasteiger partial charge in [-0.25, -0.2) is 4.98 Å². The minimum Gasteiger partial charge on any atom is -0.399 e. The lowest BCUT2D eigenvalue weighted by Crippen LogP contribution is -2.18. The van der Waals surface area contributed by atoms with E-state index in [2.05, 4.69) is 18.5 Å². The zero-order valence-corrected chi connectivity index (χ0v) is 11.0. The van der Waals surface area contributed by atoms with Gasteiger partial charge >= 0.3 is 0 Å². The first-order valence-electron chi connectivity index (χ1n) is 5.96. The normalized spacial score (nSPS) is 24.6. The van der Waals surface area contributed by atoms with Crippen LogP contribution < -0.4 is 5.73 Å². The van der Waals surface area contributed by atoms with Crippen molar-refractivity contribution >= 4 is 28.5 Å². The summed E-state index contributed by atoms with van der Waals surface area (Å²) in [6, 6.07) is 5.94. The molecule has 1 fully saturated rings. The minimum atomic E-state index is 0.169. The van der Waals surface area contributed by atoms with Crippen LogP contribution in [0, 0.1) is 0 Å².